The Balaban J connectivity index is 2.51. The van der Waals surface area contributed by atoms with Gasteiger partial charge in [0, 0.05) is 6.04 Å². The summed E-state index contributed by atoms with van der Waals surface area (Å²) in [5.41, 5.74) is 6.30. The monoisotopic (exact) mass is 127 g/mol. The van der Waals surface area contributed by atoms with E-state index < -0.39 is 0 Å². The summed E-state index contributed by atoms with van der Waals surface area (Å²) in [6.45, 7) is 4.44. The summed E-state index contributed by atoms with van der Waals surface area (Å²) in [5.74, 6) is 0. The zero-order valence-electron chi connectivity index (χ0n) is 6.48. The van der Waals surface area contributed by atoms with Crippen LogP contribution in [-0.4, -0.2) is 6.04 Å². The third-order valence-electron chi connectivity index (χ3n) is 2.85. The van der Waals surface area contributed by atoms with Crippen molar-refractivity contribution >= 4 is 0 Å². The van der Waals surface area contributed by atoms with Gasteiger partial charge in [-0.3, -0.25) is 0 Å². The van der Waals surface area contributed by atoms with Crippen LogP contribution in [0, 0.1) is 5.41 Å². The summed E-state index contributed by atoms with van der Waals surface area (Å²) in [7, 11) is 0. The molecule has 1 heteroatoms. The van der Waals surface area contributed by atoms with E-state index in [1.54, 1.807) is 0 Å². The Morgan fingerprint density at radius 2 is 1.78 bits per heavy atom. The van der Waals surface area contributed by atoms with Gasteiger partial charge in [0.25, 0.3) is 0 Å². The van der Waals surface area contributed by atoms with Crippen LogP contribution in [0.15, 0.2) is 0 Å². The van der Waals surface area contributed by atoms with E-state index in [1.165, 1.54) is 25.7 Å². The van der Waals surface area contributed by atoms with Crippen molar-refractivity contribution in [3.63, 3.8) is 0 Å². The molecule has 54 valence electrons. The highest BCUT2D eigenvalue weighted by Crippen LogP contribution is 2.39. The quantitative estimate of drug-likeness (QED) is 0.572. The fourth-order valence-corrected chi connectivity index (χ4v) is 1.64. The van der Waals surface area contributed by atoms with Crippen molar-refractivity contribution in [3.05, 3.63) is 0 Å². The van der Waals surface area contributed by atoms with Crippen LogP contribution < -0.4 is 5.73 Å². The van der Waals surface area contributed by atoms with Gasteiger partial charge in [0.05, 0.1) is 0 Å². The van der Waals surface area contributed by atoms with E-state index in [1.807, 2.05) is 0 Å². The summed E-state index contributed by atoms with van der Waals surface area (Å²) in [5, 5.41) is 0. The average Bonchev–Trinajstić information content (AvgIpc) is 2.16. The number of hydrogen-bond acceptors (Lipinski definition) is 1. The molecule has 1 rings (SSSR count). The Kier molecular flexibility index (Phi) is 1.80. The van der Waals surface area contributed by atoms with Gasteiger partial charge in [-0.25, -0.2) is 0 Å². The molecule has 0 aromatic heterocycles. The largest absolute Gasteiger partial charge is 0.327 e. The molecule has 1 aliphatic carbocycles. The molecule has 1 saturated carbocycles. The molecule has 1 atom stereocenters. The van der Waals surface area contributed by atoms with Gasteiger partial charge in [-0.15, -0.1) is 0 Å². The molecule has 0 aliphatic heterocycles. The zero-order chi connectivity index (χ0) is 6.91. The maximum absolute atomic E-state index is 5.83. The van der Waals surface area contributed by atoms with Gasteiger partial charge in [0.2, 0.25) is 0 Å². The van der Waals surface area contributed by atoms with E-state index in [0.29, 0.717) is 11.5 Å². The van der Waals surface area contributed by atoms with Crippen molar-refractivity contribution in [2.24, 2.45) is 11.1 Å². The molecule has 0 heterocycles. The highest BCUT2D eigenvalue weighted by molar-refractivity contribution is 4.86. The molecule has 0 radical (unpaired) electrons. The van der Waals surface area contributed by atoms with Crippen LogP contribution in [0.2, 0.25) is 0 Å². The van der Waals surface area contributed by atoms with Crippen LogP contribution >= 0.6 is 0 Å². The molecule has 2 N–H and O–H groups in total. The van der Waals surface area contributed by atoms with Crippen molar-refractivity contribution in [2.45, 2.75) is 45.6 Å². The van der Waals surface area contributed by atoms with Crippen LogP contribution in [0.4, 0.5) is 0 Å². The molecule has 0 bridgehead atoms. The van der Waals surface area contributed by atoms with Gasteiger partial charge in [-0.2, -0.15) is 0 Å². The normalized spacial score (nSPS) is 28.3. The molecule has 0 unspecified atom stereocenters. The van der Waals surface area contributed by atoms with Crippen molar-refractivity contribution in [1.29, 1.82) is 0 Å². The minimum absolute atomic E-state index is 0.389. The first kappa shape index (κ1) is 7.07. The maximum Gasteiger partial charge on any atom is 0.00643 e. The maximum atomic E-state index is 5.83. The van der Waals surface area contributed by atoms with Crippen LogP contribution in [0.25, 0.3) is 0 Å². The minimum Gasteiger partial charge on any atom is -0.327 e. The lowest BCUT2D eigenvalue weighted by Gasteiger charge is -2.27. The van der Waals surface area contributed by atoms with Crippen molar-refractivity contribution in [3.8, 4) is 0 Å². The highest BCUT2D eigenvalue weighted by Gasteiger charge is 2.31. The molecule has 0 spiro atoms. The van der Waals surface area contributed by atoms with Gasteiger partial charge < -0.3 is 5.73 Å². The lowest BCUT2D eigenvalue weighted by Crippen LogP contribution is -2.34. The lowest BCUT2D eigenvalue weighted by molar-refractivity contribution is 0.277. The number of hydrogen-bond donors (Lipinski definition) is 1. The summed E-state index contributed by atoms with van der Waals surface area (Å²) in [4.78, 5) is 0. The Morgan fingerprint density at radius 1 is 1.33 bits per heavy atom. The molecule has 1 nitrogen and oxygen atoms in total. The summed E-state index contributed by atoms with van der Waals surface area (Å²) in [6, 6.07) is 0.389. The Hall–Kier alpha value is -0.0400. The molecular formula is C8H17N. The molecule has 0 aromatic rings. The standard InChI is InChI=1S/C8H17N/c1-7(9)8(2)5-3-4-6-8/h7H,3-6,9H2,1-2H3/t7-/m1/s1. The molecule has 9 heavy (non-hydrogen) atoms. The lowest BCUT2D eigenvalue weighted by atomic mass is 9.82. The van der Waals surface area contributed by atoms with Gasteiger partial charge in [-0.05, 0) is 25.2 Å². The SMILES string of the molecule is C[C@@H](N)C1(C)CCCC1. The Labute approximate surface area is 57.6 Å². The first-order valence-electron chi connectivity index (χ1n) is 3.91. The van der Waals surface area contributed by atoms with Crippen LogP contribution in [-0.2, 0) is 0 Å². The third-order valence-corrected chi connectivity index (χ3v) is 2.85. The Bertz CT molecular complexity index is 90.7. The molecular weight excluding hydrogens is 110 g/mol. The molecule has 1 fully saturated rings. The van der Waals surface area contributed by atoms with Gasteiger partial charge in [0.15, 0.2) is 0 Å². The van der Waals surface area contributed by atoms with Crippen molar-refractivity contribution < 1.29 is 0 Å². The Morgan fingerprint density at radius 3 is 2.00 bits per heavy atom. The zero-order valence-corrected chi connectivity index (χ0v) is 6.48. The van der Waals surface area contributed by atoms with E-state index in [9.17, 15) is 0 Å². The summed E-state index contributed by atoms with van der Waals surface area (Å²) >= 11 is 0. The second-order valence-corrected chi connectivity index (χ2v) is 3.65. The molecule has 0 aromatic carbocycles. The predicted octanol–water partition coefficient (Wildman–Crippen LogP) is 1.91. The molecule has 1 aliphatic rings. The van der Waals surface area contributed by atoms with Crippen LogP contribution in [0.5, 0.6) is 0 Å². The fourth-order valence-electron chi connectivity index (χ4n) is 1.64. The first-order valence-corrected chi connectivity index (χ1v) is 3.91. The summed E-state index contributed by atoms with van der Waals surface area (Å²) < 4.78 is 0. The number of nitrogens with two attached hydrogens (primary N) is 1. The van der Waals surface area contributed by atoms with Crippen LogP contribution in [0.3, 0.4) is 0 Å². The number of rotatable bonds is 1. The topological polar surface area (TPSA) is 26.0 Å². The van der Waals surface area contributed by atoms with E-state index in [-0.39, 0.29) is 0 Å². The van der Waals surface area contributed by atoms with E-state index in [0.717, 1.165) is 0 Å². The van der Waals surface area contributed by atoms with Crippen molar-refractivity contribution in [1.82, 2.24) is 0 Å². The van der Waals surface area contributed by atoms with Gasteiger partial charge in [-0.1, -0.05) is 19.8 Å². The molecule has 0 saturated heterocycles. The minimum atomic E-state index is 0.389. The third kappa shape index (κ3) is 1.26. The summed E-state index contributed by atoms with van der Waals surface area (Å²) in [6.07, 6.45) is 5.45. The fraction of sp³-hybridized carbons (Fsp3) is 1.00. The van der Waals surface area contributed by atoms with E-state index in [2.05, 4.69) is 13.8 Å². The highest BCUT2D eigenvalue weighted by atomic mass is 14.7. The average molecular weight is 127 g/mol. The first-order chi connectivity index (χ1) is 4.15. The van der Waals surface area contributed by atoms with Crippen molar-refractivity contribution in [2.75, 3.05) is 0 Å². The van der Waals surface area contributed by atoms with E-state index in [4.69, 9.17) is 5.73 Å². The second kappa shape index (κ2) is 2.30. The van der Waals surface area contributed by atoms with E-state index >= 15 is 0 Å². The van der Waals surface area contributed by atoms with Gasteiger partial charge in [0.1, 0.15) is 0 Å². The smallest absolute Gasteiger partial charge is 0.00643 e. The molecule has 0 amide bonds. The van der Waals surface area contributed by atoms with Crippen LogP contribution in [0.1, 0.15) is 39.5 Å². The predicted molar refractivity (Wildman–Crippen MR) is 40.2 cm³/mol. The second-order valence-electron chi connectivity index (χ2n) is 3.65. The van der Waals surface area contributed by atoms with Gasteiger partial charge >= 0.3 is 0 Å².